The second-order valence-electron chi connectivity index (χ2n) is 1.61. The van der Waals surface area contributed by atoms with Gasteiger partial charge in [0.15, 0.2) is 0 Å². The second-order valence-corrected chi connectivity index (χ2v) is 1.61. The van der Waals surface area contributed by atoms with Gasteiger partial charge in [-0.3, -0.25) is 9.59 Å². The van der Waals surface area contributed by atoms with Gasteiger partial charge >= 0.3 is 5.97 Å². The van der Waals surface area contributed by atoms with Gasteiger partial charge in [0.2, 0.25) is 0 Å². The first-order valence-electron chi connectivity index (χ1n) is 2.94. The van der Waals surface area contributed by atoms with Crippen molar-refractivity contribution in [3.05, 3.63) is 12.7 Å². The van der Waals surface area contributed by atoms with Crippen molar-refractivity contribution in [1.29, 1.82) is 0 Å². The van der Waals surface area contributed by atoms with Crippen LogP contribution in [0.15, 0.2) is 12.7 Å². The van der Waals surface area contributed by atoms with Crippen LogP contribution >= 0.6 is 0 Å². The SMILES string of the molecule is C=CCOC(C)=O.CC(=O)O. The third-order valence-corrected chi connectivity index (χ3v) is 0.404. The number of carbonyl (C=O) groups is 2. The third kappa shape index (κ3) is 53.9. The Hall–Kier alpha value is -1.32. The lowest BCUT2D eigenvalue weighted by molar-refractivity contribution is -0.139. The molecule has 0 amide bonds. The lowest BCUT2D eigenvalue weighted by Crippen LogP contribution is -1.96. The molecule has 0 aliphatic carbocycles. The van der Waals surface area contributed by atoms with Gasteiger partial charge in [-0.15, -0.1) is 0 Å². The Morgan fingerprint density at radius 2 is 1.91 bits per heavy atom. The number of hydrogen-bond donors (Lipinski definition) is 1. The van der Waals surface area contributed by atoms with Crippen LogP contribution in [0.2, 0.25) is 0 Å². The summed E-state index contributed by atoms with van der Waals surface area (Å²) in [5, 5.41) is 7.42. The number of ether oxygens (including phenoxy) is 1. The van der Waals surface area contributed by atoms with E-state index in [1.54, 1.807) is 0 Å². The number of esters is 1. The van der Waals surface area contributed by atoms with E-state index in [4.69, 9.17) is 9.90 Å². The van der Waals surface area contributed by atoms with Crippen molar-refractivity contribution in [2.45, 2.75) is 13.8 Å². The van der Waals surface area contributed by atoms with Crippen molar-refractivity contribution in [3.8, 4) is 0 Å². The summed E-state index contributed by atoms with van der Waals surface area (Å²) in [4.78, 5) is 18.9. The first-order valence-corrected chi connectivity index (χ1v) is 2.94. The van der Waals surface area contributed by atoms with Crippen LogP contribution in [0.5, 0.6) is 0 Å². The van der Waals surface area contributed by atoms with Gasteiger partial charge < -0.3 is 9.84 Å². The molecule has 0 atom stereocenters. The number of carbonyl (C=O) groups excluding carboxylic acids is 1. The smallest absolute Gasteiger partial charge is 0.302 e. The number of carboxylic acids is 1. The number of rotatable bonds is 2. The highest BCUT2D eigenvalue weighted by Crippen LogP contribution is 1.73. The molecule has 0 radical (unpaired) electrons. The Balaban J connectivity index is 0. The number of aliphatic carboxylic acids is 1. The van der Waals surface area contributed by atoms with E-state index in [0.717, 1.165) is 6.92 Å². The molecule has 0 fully saturated rings. The van der Waals surface area contributed by atoms with Gasteiger partial charge in [0.1, 0.15) is 6.61 Å². The zero-order valence-electron chi connectivity index (χ0n) is 6.66. The molecule has 0 bridgehead atoms. The molecule has 0 aromatic heterocycles. The van der Waals surface area contributed by atoms with Crippen molar-refractivity contribution in [1.82, 2.24) is 0 Å². The van der Waals surface area contributed by atoms with Gasteiger partial charge in [-0.05, 0) is 0 Å². The summed E-state index contributed by atoms with van der Waals surface area (Å²) >= 11 is 0. The molecule has 0 aliphatic rings. The molecule has 0 unspecified atom stereocenters. The van der Waals surface area contributed by atoms with Crippen LogP contribution in [0.3, 0.4) is 0 Å². The first-order chi connectivity index (χ1) is 5.00. The third-order valence-electron chi connectivity index (χ3n) is 0.404. The number of carboxylic acid groups (broad SMARTS) is 1. The van der Waals surface area contributed by atoms with Crippen molar-refractivity contribution in [2.24, 2.45) is 0 Å². The fourth-order valence-corrected chi connectivity index (χ4v) is 0.176. The molecular weight excluding hydrogens is 148 g/mol. The minimum atomic E-state index is -0.833. The summed E-state index contributed by atoms with van der Waals surface area (Å²) in [6.45, 7) is 6.12. The molecule has 0 saturated heterocycles. The van der Waals surface area contributed by atoms with Crippen LogP contribution in [-0.2, 0) is 14.3 Å². The Morgan fingerprint density at radius 1 is 1.55 bits per heavy atom. The maximum absolute atomic E-state index is 9.93. The quantitative estimate of drug-likeness (QED) is 0.480. The summed E-state index contributed by atoms with van der Waals surface area (Å²) in [7, 11) is 0. The minimum absolute atomic E-state index is 0.264. The fraction of sp³-hybridized carbons (Fsp3) is 0.429. The van der Waals surface area contributed by atoms with Gasteiger partial charge in [0.25, 0.3) is 5.97 Å². The van der Waals surface area contributed by atoms with Crippen LogP contribution in [-0.4, -0.2) is 23.7 Å². The summed E-state index contributed by atoms with van der Waals surface area (Å²) < 4.78 is 4.43. The van der Waals surface area contributed by atoms with Gasteiger partial charge in [-0.2, -0.15) is 0 Å². The number of hydrogen-bond acceptors (Lipinski definition) is 3. The fourth-order valence-electron chi connectivity index (χ4n) is 0.176. The van der Waals surface area contributed by atoms with Gasteiger partial charge in [0, 0.05) is 13.8 Å². The average molecular weight is 160 g/mol. The van der Waals surface area contributed by atoms with Gasteiger partial charge in [0.05, 0.1) is 0 Å². The zero-order chi connectivity index (χ0) is 9.28. The highest BCUT2D eigenvalue weighted by atomic mass is 16.5. The Morgan fingerprint density at radius 3 is 2.00 bits per heavy atom. The Kier molecular flexibility index (Phi) is 9.76. The molecule has 4 heteroatoms. The van der Waals surface area contributed by atoms with E-state index in [-0.39, 0.29) is 5.97 Å². The van der Waals surface area contributed by atoms with Crippen LogP contribution in [0.1, 0.15) is 13.8 Å². The predicted octanol–water partition coefficient (Wildman–Crippen LogP) is 0.826. The topological polar surface area (TPSA) is 63.6 Å². The van der Waals surface area contributed by atoms with Gasteiger partial charge in [-0.1, -0.05) is 12.7 Å². The summed E-state index contributed by atoms with van der Waals surface area (Å²) in [6.07, 6.45) is 1.53. The van der Waals surface area contributed by atoms with Gasteiger partial charge in [-0.25, -0.2) is 0 Å². The minimum Gasteiger partial charge on any atom is -0.481 e. The van der Waals surface area contributed by atoms with Crippen molar-refractivity contribution in [3.63, 3.8) is 0 Å². The van der Waals surface area contributed by atoms with E-state index in [1.807, 2.05) is 0 Å². The van der Waals surface area contributed by atoms with E-state index in [2.05, 4.69) is 11.3 Å². The van der Waals surface area contributed by atoms with Crippen LogP contribution in [0.4, 0.5) is 0 Å². The first kappa shape index (κ1) is 12.4. The highest BCUT2D eigenvalue weighted by molar-refractivity contribution is 5.65. The lowest BCUT2D eigenvalue weighted by Gasteiger charge is -1.90. The summed E-state index contributed by atoms with van der Waals surface area (Å²) in [5.74, 6) is -1.10. The molecule has 0 aliphatic heterocycles. The molecule has 1 N–H and O–H groups in total. The summed E-state index contributed by atoms with van der Waals surface area (Å²) in [5.41, 5.74) is 0. The highest BCUT2D eigenvalue weighted by Gasteiger charge is 1.83. The van der Waals surface area contributed by atoms with Crippen molar-refractivity contribution < 1.29 is 19.4 Å². The van der Waals surface area contributed by atoms with E-state index in [0.29, 0.717) is 6.61 Å². The summed E-state index contributed by atoms with van der Waals surface area (Å²) in [6, 6.07) is 0. The molecule has 0 saturated carbocycles. The van der Waals surface area contributed by atoms with Crippen molar-refractivity contribution >= 4 is 11.9 Å². The van der Waals surface area contributed by atoms with Crippen LogP contribution in [0.25, 0.3) is 0 Å². The molecule has 0 rings (SSSR count). The van der Waals surface area contributed by atoms with Crippen LogP contribution < -0.4 is 0 Å². The van der Waals surface area contributed by atoms with E-state index in [1.165, 1.54) is 13.0 Å². The maximum atomic E-state index is 9.93. The molecule has 11 heavy (non-hydrogen) atoms. The second kappa shape index (κ2) is 8.68. The van der Waals surface area contributed by atoms with E-state index in [9.17, 15) is 4.79 Å². The predicted molar refractivity (Wildman–Crippen MR) is 40.1 cm³/mol. The Bertz CT molecular complexity index is 135. The average Bonchev–Trinajstić information content (AvgIpc) is 1.82. The molecular formula is C7H12O4. The molecule has 0 heterocycles. The van der Waals surface area contributed by atoms with E-state index < -0.39 is 5.97 Å². The van der Waals surface area contributed by atoms with Crippen molar-refractivity contribution in [2.75, 3.05) is 6.61 Å². The molecule has 0 aromatic rings. The van der Waals surface area contributed by atoms with Crippen LogP contribution in [0, 0.1) is 0 Å². The zero-order valence-corrected chi connectivity index (χ0v) is 6.66. The molecule has 4 nitrogen and oxygen atoms in total. The maximum Gasteiger partial charge on any atom is 0.302 e. The molecule has 0 spiro atoms. The lowest BCUT2D eigenvalue weighted by atomic mass is 10.7. The molecule has 0 aromatic carbocycles. The molecule has 64 valence electrons. The monoisotopic (exact) mass is 160 g/mol. The Labute approximate surface area is 65.5 Å². The normalized spacial score (nSPS) is 7.09. The standard InChI is InChI=1S/C5H8O2.C2H4O2/c1-3-4-7-5(2)6;1-2(3)4/h3H,1,4H2,2H3;1H3,(H,3,4). The largest absolute Gasteiger partial charge is 0.481 e. The van der Waals surface area contributed by atoms with E-state index >= 15 is 0 Å².